The molecule has 0 radical (unpaired) electrons. The molecule has 3 aromatic rings. The molecule has 168 valence electrons. The maximum absolute atomic E-state index is 12.7. The molecule has 1 aromatic heterocycles. The molecule has 1 fully saturated rings. The van der Waals surface area contributed by atoms with Crippen LogP contribution in [0.15, 0.2) is 60.7 Å². The molecular weight excluding hydrogens is 402 g/mol. The molecule has 32 heavy (non-hydrogen) atoms. The predicted octanol–water partition coefficient (Wildman–Crippen LogP) is 3.49. The summed E-state index contributed by atoms with van der Waals surface area (Å²) in [5.74, 6) is -0.000698. The average molecular weight is 434 g/mol. The number of piperidine rings is 1. The van der Waals surface area contributed by atoms with Gasteiger partial charge in [-0.05, 0) is 50.1 Å². The monoisotopic (exact) mass is 433 g/mol. The van der Waals surface area contributed by atoms with E-state index < -0.39 is 0 Å². The molecule has 4 rings (SSSR count). The van der Waals surface area contributed by atoms with Crippen LogP contribution >= 0.6 is 0 Å². The SMILES string of the molecule is Cc1cc(C)n(-c2cccc(NC(=O)N[C@H]3CCN(Cc4ccccc4)C[C@@H]3CO)c2)n1. The topological polar surface area (TPSA) is 82.4 Å². The van der Waals surface area contributed by atoms with Gasteiger partial charge in [0.1, 0.15) is 0 Å². The first-order valence-corrected chi connectivity index (χ1v) is 11.1. The van der Waals surface area contributed by atoms with Gasteiger partial charge in [0.25, 0.3) is 0 Å². The number of hydrogen-bond acceptors (Lipinski definition) is 4. The highest BCUT2D eigenvalue weighted by Gasteiger charge is 2.30. The van der Waals surface area contributed by atoms with E-state index in [0.29, 0.717) is 5.69 Å². The maximum atomic E-state index is 12.7. The van der Waals surface area contributed by atoms with Gasteiger partial charge in [-0.2, -0.15) is 5.10 Å². The van der Waals surface area contributed by atoms with E-state index in [2.05, 4.69) is 32.8 Å². The molecule has 3 N–H and O–H groups in total. The molecule has 1 saturated heterocycles. The molecule has 0 spiro atoms. The smallest absolute Gasteiger partial charge is 0.319 e. The van der Waals surface area contributed by atoms with Gasteiger partial charge in [-0.15, -0.1) is 0 Å². The third-order valence-corrected chi connectivity index (χ3v) is 5.98. The number of aryl methyl sites for hydroxylation is 2. The highest BCUT2D eigenvalue weighted by molar-refractivity contribution is 5.89. The van der Waals surface area contributed by atoms with Crippen LogP contribution in [0.25, 0.3) is 5.69 Å². The second-order valence-electron chi connectivity index (χ2n) is 8.55. The zero-order valence-corrected chi connectivity index (χ0v) is 18.7. The van der Waals surface area contributed by atoms with Gasteiger partial charge in [0, 0.05) is 49.6 Å². The van der Waals surface area contributed by atoms with Crippen molar-refractivity contribution in [3.63, 3.8) is 0 Å². The number of rotatable bonds is 6. The molecule has 7 nitrogen and oxygen atoms in total. The summed E-state index contributed by atoms with van der Waals surface area (Å²) in [6.45, 7) is 6.50. The fourth-order valence-corrected chi connectivity index (χ4v) is 4.41. The molecule has 2 amide bonds. The van der Waals surface area contributed by atoms with E-state index >= 15 is 0 Å². The third kappa shape index (κ3) is 5.36. The molecule has 0 aliphatic carbocycles. The summed E-state index contributed by atoms with van der Waals surface area (Å²) >= 11 is 0. The Hall–Kier alpha value is -3.16. The molecule has 7 heteroatoms. The molecule has 1 aliphatic rings. The van der Waals surface area contributed by atoms with Crippen molar-refractivity contribution >= 4 is 11.7 Å². The van der Waals surface area contributed by atoms with Crippen molar-refractivity contribution in [3.05, 3.63) is 77.6 Å². The number of likely N-dealkylation sites (tertiary alicyclic amines) is 1. The van der Waals surface area contributed by atoms with Crippen LogP contribution in [0.4, 0.5) is 10.5 Å². The van der Waals surface area contributed by atoms with Crippen molar-refractivity contribution in [1.82, 2.24) is 20.0 Å². The summed E-state index contributed by atoms with van der Waals surface area (Å²) in [6.07, 6.45) is 0.803. The van der Waals surface area contributed by atoms with Crippen LogP contribution in [0.5, 0.6) is 0 Å². The van der Waals surface area contributed by atoms with Gasteiger partial charge in [-0.25, -0.2) is 9.48 Å². The molecule has 0 unspecified atom stereocenters. The Morgan fingerprint density at radius 1 is 1.12 bits per heavy atom. The Balaban J connectivity index is 1.35. The predicted molar refractivity (Wildman–Crippen MR) is 126 cm³/mol. The molecule has 2 atom stereocenters. The first-order valence-electron chi connectivity index (χ1n) is 11.1. The summed E-state index contributed by atoms with van der Waals surface area (Å²) in [5.41, 5.74) is 4.85. The zero-order valence-electron chi connectivity index (χ0n) is 18.7. The standard InChI is InChI=1S/C25H31N5O2/c1-18-13-19(2)30(28-18)23-10-6-9-22(14-23)26-25(32)27-24-11-12-29(16-21(24)17-31)15-20-7-4-3-5-8-20/h3-10,13-14,21,24,31H,11-12,15-17H2,1-2H3,(H2,26,27,32)/t21-,24+/m1/s1. The summed E-state index contributed by atoms with van der Waals surface area (Å²) in [4.78, 5) is 15.0. The second kappa shape index (κ2) is 9.97. The van der Waals surface area contributed by atoms with E-state index in [-0.39, 0.29) is 24.6 Å². The lowest BCUT2D eigenvalue weighted by Crippen LogP contribution is -2.52. The van der Waals surface area contributed by atoms with E-state index in [0.717, 1.165) is 43.1 Å². The summed E-state index contributed by atoms with van der Waals surface area (Å²) < 4.78 is 1.86. The third-order valence-electron chi connectivity index (χ3n) is 5.98. The van der Waals surface area contributed by atoms with E-state index in [1.807, 2.05) is 67.1 Å². The van der Waals surface area contributed by atoms with Crippen molar-refractivity contribution in [2.75, 3.05) is 25.0 Å². The molecular formula is C25H31N5O2. The minimum atomic E-state index is -0.254. The van der Waals surface area contributed by atoms with Gasteiger partial charge in [-0.1, -0.05) is 36.4 Å². The minimum Gasteiger partial charge on any atom is -0.396 e. The number of aliphatic hydroxyl groups is 1. The Morgan fingerprint density at radius 2 is 1.94 bits per heavy atom. The van der Waals surface area contributed by atoms with Crippen molar-refractivity contribution < 1.29 is 9.90 Å². The van der Waals surface area contributed by atoms with Crippen LogP contribution in [0, 0.1) is 19.8 Å². The van der Waals surface area contributed by atoms with Gasteiger partial charge in [-0.3, -0.25) is 4.90 Å². The van der Waals surface area contributed by atoms with Gasteiger partial charge >= 0.3 is 6.03 Å². The van der Waals surface area contributed by atoms with Crippen molar-refractivity contribution in [2.24, 2.45) is 5.92 Å². The zero-order chi connectivity index (χ0) is 22.5. The number of benzene rings is 2. The minimum absolute atomic E-state index is 0.000698. The first kappa shape index (κ1) is 22.0. The summed E-state index contributed by atoms with van der Waals surface area (Å²) in [7, 11) is 0. The molecule has 1 aliphatic heterocycles. The fraction of sp³-hybridized carbons (Fsp3) is 0.360. The van der Waals surface area contributed by atoms with Crippen LogP contribution in [-0.4, -0.2) is 51.6 Å². The number of carbonyl (C=O) groups is 1. The van der Waals surface area contributed by atoms with Crippen LogP contribution < -0.4 is 10.6 Å². The normalized spacial score (nSPS) is 19.0. The molecule has 0 bridgehead atoms. The van der Waals surface area contributed by atoms with E-state index in [4.69, 9.17) is 0 Å². The van der Waals surface area contributed by atoms with Crippen LogP contribution in [0.1, 0.15) is 23.4 Å². The van der Waals surface area contributed by atoms with Gasteiger partial charge in [0.2, 0.25) is 0 Å². The van der Waals surface area contributed by atoms with Crippen LogP contribution in [0.3, 0.4) is 0 Å². The number of nitrogens with one attached hydrogen (secondary N) is 2. The largest absolute Gasteiger partial charge is 0.396 e. The Kier molecular flexibility index (Phi) is 6.87. The lowest BCUT2D eigenvalue weighted by molar-refractivity contribution is 0.0895. The number of urea groups is 1. The number of amides is 2. The van der Waals surface area contributed by atoms with Gasteiger partial charge in [0.05, 0.1) is 11.4 Å². The number of hydrogen-bond donors (Lipinski definition) is 3. The summed E-state index contributed by atoms with van der Waals surface area (Å²) in [5, 5.41) is 20.4. The number of aliphatic hydroxyl groups excluding tert-OH is 1. The van der Waals surface area contributed by atoms with E-state index in [9.17, 15) is 9.90 Å². The van der Waals surface area contributed by atoms with Crippen molar-refractivity contribution in [2.45, 2.75) is 32.9 Å². The van der Waals surface area contributed by atoms with Crippen LogP contribution in [0.2, 0.25) is 0 Å². The number of aromatic nitrogens is 2. The molecule has 2 heterocycles. The Morgan fingerprint density at radius 3 is 2.66 bits per heavy atom. The quantitative estimate of drug-likeness (QED) is 0.556. The number of anilines is 1. The maximum Gasteiger partial charge on any atom is 0.319 e. The Bertz CT molecular complexity index is 1050. The second-order valence-corrected chi connectivity index (χ2v) is 8.55. The van der Waals surface area contributed by atoms with E-state index in [1.54, 1.807) is 0 Å². The first-order chi connectivity index (χ1) is 15.5. The lowest BCUT2D eigenvalue weighted by Gasteiger charge is -2.38. The van der Waals surface area contributed by atoms with Gasteiger partial charge < -0.3 is 15.7 Å². The fourth-order valence-electron chi connectivity index (χ4n) is 4.41. The van der Waals surface area contributed by atoms with Crippen molar-refractivity contribution in [3.8, 4) is 5.69 Å². The van der Waals surface area contributed by atoms with Crippen molar-refractivity contribution in [1.29, 1.82) is 0 Å². The van der Waals surface area contributed by atoms with Crippen LogP contribution in [-0.2, 0) is 6.54 Å². The van der Waals surface area contributed by atoms with E-state index in [1.165, 1.54) is 5.56 Å². The molecule has 2 aromatic carbocycles. The highest BCUT2D eigenvalue weighted by atomic mass is 16.3. The molecule has 0 saturated carbocycles. The number of carbonyl (C=O) groups excluding carboxylic acids is 1. The number of nitrogens with zero attached hydrogens (tertiary/aromatic N) is 3. The lowest BCUT2D eigenvalue weighted by atomic mass is 9.92. The highest BCUT2D eigenvalue weighted by Crippen LogP contribution is 2.20. The van der Waals surface area contributed by atoms with Gasteiger partial charge in [0.15, 0.2) is 0 Å². The Labute approximate surface area is 189 Å². The summed E-state index contributed by atoms with van der Waals surface area (Å²) in [6, 6.07) is 19.7. The average Bonchev–Trinajstić information content (AvgIpc) is 3.13.